The minimum atomic E-state index is 0.0101. The first-order valence-electron chi connectivity index (χ1n) is 5.84. The fourth-order valence-corrected chi connectivity index (χ4v) is 2.76. The number of nitrogens with two attached hydrogens (primary N) is 1. The zero-order chi connectivity index (χ0) is 14.0. The van der Waals surface area contributed by atoms with Gasteiger partial charge in [0.05, 0.1) is 0 Å². The van der Waals surface area contributed by atoms with Gasteiger partial charge in [0.15, 0.2) is 10.9 Å². The Labute approximate surface area is 120 Å². The van der Waals surface area contributed by atoms with Gasteiger partial charge in [-0.05, 0) is 30.7 Å². The molecule has 0 bridgehead atoms. The van der Waals surface area contributed by atoms with Crippen LogP contribution in [0, 0.1) is 6.92 Å². The Morgan fingerprint density at radius 2 is 2.26 bits per heavy atom. The van der Waals surface area contributed by atoms with E-state index in [0.717, 1.165) is 11.3 Å². The van der Waals surface area contributed by atoms with Gasteiger partial charge in [-0.1, -0.05) is 29.9 Å². The predicted molar refractivity (Wildman–Crippen MR) is 80.6 cm³/mol. The van der Waals surface area contributed by atoms with Crippen LogP contribution < -0.4 is 11.1 Å². The van der Waals surface area contributed by atoms with Crippen molar-refractivity contribution in [2.75, 3.05) is 11.1 Å². The topological polar surface area (TPSA) is 68.0 Å². The number of benzene rings is 1. The summed E-state index contributed by atoms with van der Waals surface area (Å²) in [5.41, 5.74) is 7.65. The average molecular weight is 296 g/mol. The van der Waals surface area contributed by atoms with Crippen LogP contribution in [0.25, 0.3) is 0 Å². The van der Waals surface area contributed by atoms with E-state index in [1.165, 1.54) is 11.3 Å². The van der Waals surface area contributed by atoms with Gasteiger partial charge in [-0.2, -0.15) is 0 Å². The van der Waals surface area contributed by atoms with E-state index in [1.54, 1.807) is 13.0 Å². The molecule has 2 rings (SSSR count). The number of carbonyl (C=O) groups excluding carboxylic acids is 1. The van der Waals surface area contributed by atoms with Crippen molar-refractivity contribution in [2.24, 2.45) is 0 Å². The molecule has 100 valence electrons. The Kier molecular flexibility index (Phi) is 4.07. The summed E-state index contributed by atoms with van der Waals surface area (Å²) in [4.78, 5) is 16.3. The van der Waals surface area contributed by atoms with Crippen LogP contribution >= 0.6 is 22.9 Å². The molecule has 0 aliphatic carbocycles. The summed E-state index contributed by atoms with van der Waals surface area (Å²) in [5.74, 6) is 0.293. The first kappa shape index (κ1) is 13.8. The van der Waals surface area contributed by atoms with Crippen molar-refractivity contribution >= 4 is 45.4 Å². The lowest BCUT2D eigenvalue weighted by molar-refractivity contribution is 0.0992. The van der Waals surface area contributed by atoms with Crippen molar-refractivity contribution in [3.8, 4) is 0 Å². The Hall–Kier alpha value is -1.59. The average Bonchev–Trinajstić information content (AvgIpc) is 2.73. The maximum absolute atomic E-state index is 11.7. The lowest BCUT2D eigenvalue weighted by Crippen LogP contribution is -1.98. The summed E-state index contributed by atoms with van der Waals surface area (Å²) in [6.07, 6.45) is 0.422. The third-order valence-corrected chi connectivity index (χ3v) is 3.92. The lowest BCUT2D eigenvalue weighted by atomic mass is 10.2. The van der Waals surface area contributed by atoms with E-state index in [9.17, 15) is 4.79 Å². The Morgan fingerprint density at radius 3 is 2.89 bits per heavy atom. The van der Waals surface area contributed by atoms with Crippen molar-refractivity contribution < 1.29 is 4.79 Å². The number of nitrogen functional groups attached to an aromatic ring is 1. The number of aromatic nitrogens is 1. The number of Topliss-reactive ketones (excluding diaryl/α,β-unsaturated/α-hetero) is 1. The molecule has 1 heterocycles. The van der Waals surface area contributed by atoms with Crippen LogP contribution in [0.1, 0.15) is 28.6 Å². The van der Waals surface area contributed by atoms with E-state index in [2.05, 4.69) is 10.3 Å². The number of hydrogen-bond acceptors (Lipinski definition) is 5. The molecule has 1 aromatic heterocycles. The predicted octanol–water partition coefficient (Wildman–Crippen LogP) is 4.02. The molecule has 2 aromatic rings. The largest absolute Gasteiger partial charge is 0.382 e. The van der Waals surface area contributed by atoms with Crippen LogP contribution in [-0.2, 0) is 0 Å². The van der Waals surface area contributed by atoms with Gasteiger partial charge >= 0.3 is 0 Å². The second-order valence-electron chi connectivity index (χ2n) is 4.09. The number of nitrogens with one attached hydrogen (secondary N) is 1. The molecular formula is C13H14ClN3OS. The molecule has 0 amide bonds. The summed E-state index contributed by atoms with van der Waals surface area (Å²) in [6, 6.07) is 5.53. The quantitative estimate of drug-likeness (QED) is 0.836. The SMILES string of the molecule is CCC(=O)c1sc(Nc2ccc(Cl)cc2C)nc1N. The van der Waals surface area contributed by atoms with Crippen molar-refractivity contribution in [1.29, 1.82) is 0 Å². The van der Waals surface area contributed by atoms with E-state index in [-0.39, 0.29) is 11.6 Å². The normalized spacial score (nSPS) is 10.5. The fraction of sp³-hybridized carbons (Fsp3) is 0.231. The van der Waals surface area contributed by atoms with Gasteiger partial charge in [-0.3, -0.25) is 4.79 Å². The maximum Gasteiger partial charge on any atom is 0.189 e. The summed E-state index contributed by atoms with van der Waals surface area (Å²) < 4.78 is 0. The van der Waals surface area contributed by atoms with Gasteiger partial charge in [0.2, 0.25) is 0 Å². The number of aryl methyl sites for hydroxylation is 1. The number of ketones is 1. The molecule has 0 aliphatic rings. The molecule has 6 heteroatoms. The van der Waals surface area contributed by atoms with Gasteiger partial charge in [-0.25, -0.2) is 4.98 Å². The van der Waals surface area contributed by atoms with Crippen molar-refractivity contribution in [1.82, 2.24) is 4.98 Å². The second kappa shape index (κ2) is 5.59. The Morgan fingerprint density at radius 1 is 1.53 bits per heavy atom. The highest BCUT2D eigenvalue weighted by Gasteiger charge is 2.14. The monoisotopic (exact) mass is 295 g/mol. The van der Waals surface area contributed by atoms with Gasteiger partial charge in [-0.15, -0.1) is 0 Å². The van der Waals surface area contributed by atoms with Gasteiger partial charge in [0, 0.05) is 17.1 Å². The van der Waals surface area contributed by atoms with Gasteiger partial charge in [0.25, 0.3) is 0 Å². The highest BCUT2D eigenvalue weighted by Crippen LogP contribution is 2.30. The number of thiazole rings is 1. The minimum Gasteiger partial charge on any atom is -0.382 e. The number of carbonyl (C=O) groups is 1. The molecule has 1 aromatic carbocycles. The van der Waals surface area contributed by atoms with Gasteiger partial charge in [0.1, 0.15) is 10.7 Å². The highest BCUT2D eigenvalue weighted by atomic mass is 35.5. The lowest BCUT2D eigenvalue weighted by Gasteiger charge is -2.06. The van der Waals surface area contributed by atoms with Crippen LogP contribution in [0.2, 0.25) is 5.02 Å². The number of halogens is 1. The maximum atomic E-state index is 11.7. The van der Waals surface area contributed by atoms with Crippen molar-refractivity contribution in [3.63, 3.8) is 0 Å². The summed E-state index contributed by atoms with van der Waals surface area (Å²) in [5, 5.41) is 4.45. The number of nitrogens with zero attached hydrogens (tertiary/aromatic N) is 1. The van der Waals surface area contributed by atoms with E-state index in [1.807, 2.05) is 19.1 Å². The molecule has 19 heavy (non-hydrogen) atoms. The zero-order valence-corrected chi connectivity index (χ0v) is 12.2. The van der Waals surface area contributed by atoms with E-state index in [0.29, 0.717) is 21.5 Å². The van der Waals surface area contributed by atoms with Crippen LogP contribution in [0.3, 0.4) is 0 Å². The summed E-state index contributed by atoms with van der Waals surface area (Å²) in [7, 11) is 0. The smallest absolute Gasteiger partial charge is 0.189 e. The van der Waals surface area contributed by atoms with E-state index in [4.69, 9.17) is 17.3 Å². The molecule has 0 radical (unpaired) electrons. The second-order valence-corrected chi connectivity index (χ2v) is 5.53. The van der Waals surface area contributed by atoms with Gasteiger partial charge < -0.3 is 11.1 Å². The zero-order valence-electron chi connectivity index (χ0n) is 10.7. The highest BCUT2D eigenvalue weighted by molar-refractivity contribution is 7.18. The molecule has 0 aliphatic heterocycles. The van der Waals surface area contributed by atoms with Crippen LogP contribution in [0.15, 0.2) is 18.2 Å². The molecular weight excluding hydrogens is 282 g/mol. The van der Waals surface area contributed by atoms with Crippen molar-refractivity contribution in [3.05, 3.63) is 33.7 Å². The first-order chi connectivity index (χ1) is 9.01. The molecule has 0 unspecified atom stereocenters. The Bertz CT molecular complexity index is 624. The molecule has 4 nitrogen and oxygen atoms in total. The molecule has 0 saturated heterocycles. The van der Waals surface area contributed by atoms with E-state index >= 15 is 0 Å². The third-order valence-electron chi connectivity index (χ3n) is 2.66. The molecule has 0 atom stereocenters. The van der Waals surface area contributed by atoms with Crippen LogP contribution in [0.5, 0.6) is 0 Å². The molecule has 0 spiro atoms. The summed E-state index contributed by atoms with van der Waals surface area (Å²) >= 11 is 7.17. The van der Waals surface area contributed by atoms with Crippen LogP contribution in [0.4, 0.5) is 16.6 Å². The number of hydrogen-bond donors (Lipinski definition) is 2. The molecule has 3 N–H and O–H groups in total. The fourth-order valence-electron chi connectivity index (χ4n) is 1.63. The number of rotatable bonds is 4. The Balaban J connectivity index is 2.26. The third kappa shape index (κ3) is 3.05. The molecule has 0 fully saturated rings. The first-order valence-corrected chi connectivity index (χ1v) is 7.03. The number of anilines is 3. The minimum absolute atomic E-state index is 0.0101. The van der Waals surface area contributed by atoms with Crippen molar-refractivity contribution in [2.45, 2.75) is 20.3 Å². The van der Waals surface area contributed by atoms with E-state index < -0.39 is 0 Å². The summed E-state index contributed by atoms with van der Waals surface area (Å²) in [6.45, 7) is 3.75. The van der Waals surface area contributed by atoms with Crippen LogP contribution in [-0.4, -0.2) is 10.8 Å². The molecule has 0 saturated carbocycles. The standard InChI is InChI=1S/C13H14ClN3OS/c1-3-10(18)11-12(15)17-13(19-11)16-9-5-4-8(14)6-7(9)2/h4-6H,3,15H2,1-2H3,(H,16,17).